The number of hydrogen-bond donors (Lipinski definition) is 1. The average molecular weight is 218 g/mol. The van der Waals surface area contributed by atoms with E-state index in [1.807, 2.05) is 0 Å². The van der Waals surface area contributed by atoms with Crippen molar-refractivity contribution in [2.75, 3.05) is 11.9 Å². The summed E-state index contributed by atoms with van der Waals surface area (Å²) < 4.78 is 5.62. The number of anilines is 1. The van der Waals surface area contributed by atoms with Gasteiger partial charge in [0.25, 0.3) is 0 Å². The lowest BCUT2D eigenvalue weighted by atomic mass is 10.6. The molecule has 0 aliphatic carbocycles. The Labute approximate surface area is 72.8 Å². The number of aryl methyl sites for hydroxylation is 1. The molecule has 11 heavy (non-hydrogen) atoms. The number of hydrogen-bond acceptors (Lipinski definition) is 4. The molecule has 0 aromatic carbocycles. The number of aromatic nitrogens is 2. The topological polar surface area (TPSA) is 51.0 Å². The quantitative estimate of drug-likeness (QED) is 0.838. The van der Waals surface area contributed by atoms with E-state index in [4.69, 9.17) is 4.52 Å². The molecule has 0 saturated heterocycles. The zero-order chi connectivity index (χ0) is 8.27. The van der Waals surface area contributed by atoms with Gasteiger partial charge in [-0.25, -0.2) is 0 Å². The van der Waals surface area contributed by atoms with E-state index in [0.717, 1.165) is 4.48 Å². The predicted molar refractivity (Wildman–Crippen MR) is 45.6 cm³/mol. The van der Waals surface area contributed by atoms with Crippen LogP contribution in [0.2, 0.25) is 0 Å². The van der Waals surface area contributed by atoms with Gasteiger partial charge >= 0.3 is 6.01 Å². The van der Waals surface area contributed by atoms with Crippen molar-refractivity contribution in [2.45, 2.75) is 6.92 Å². The fourth-order valence-corrected chi connectivity index (χ4v) is 0.681. The van der Waals surface area contributed by atoms with Crippen LogP contribution in [0, 0.1) is 6.92 Å². The molecule has 0 saturated carbocycles. The summed E-state index contributed by atoms with van der Waals surface area (Å²) in [6.07, 6.45) is 0. The van der Waals surface area contributed by atoms with E-state index in [9.17, 15) is 0 Å². The van der Waals surface area contributed by atoms with Crippen LogP contribution >= 0.6 is 15.9 Å². The molecule has 1 N–H and O–H groups in total. The smallest absolute Gasteiger partial charge is 0.321 e. The molecule has 60 valence electrons. The van der Waals surface area contributed by atoms with Crippen molar-refractivity contribution in [1.82, 2.24) is 10.1 Å². The van der Waals surface area contributed by atoms with Gasteiger partial charge in [0, 0.05) is 4.48 Å². The van der Waals surface area contributed by atoms with Crippen LogP contribution in [-0.2, 0) is 0 Å². The summed E-state index contributed by atoms with van der Waals surface area (Å²) in [5.74, 6) is 0.618. The van der Waals surface area contributed by atoms with Crippen LogP contribution in [0.25, 0.3) is 0 Å². The molecule has 0 aliphatic rings. The fraction of sp³-hybridized carbons (Fsp3) is 0.333. The Bertz CT molecular complexity index is 258. The summed E-state index contributed by atoms with van der Waals surface area (Å²) in [5.41, 5.74) is 0. The highest BCUT2D eigenvalue weighted by Crippen LogP contribution is 2.05. The van der Waals surface area contributed by atoms with Crippen molar-refractivity contribution in [1.29, 1.82) is 0 Å². The van der Waals surface area contributed by atoms with Crippen molar-refractivity contribution in [3.8, 4) is 0 Å². The number of halogens is 1. The van der Waals surface area contributed by atoms with E-state index in [1.54, 1.807) is 6.92 Å². The summed E-state index contributed by atoms with van der Waals surface area (Å²) in [6, 6.07) is 0.420. The number of rotatable bonds is 3. The highest BCUT2D eigenvalue weighted by atomic mass is 79.9. The predicted octanol–water partition coefficient (Wildman–Crippen LogP) is 1.70. The highest BCUT2D eigenvalue weighted by molar-refractivity contribution is 9.11. The third kappa shape index (κ3) is 2.71. The van der Waals surface area contributed by atoms with Gasteiger partial charge in [0.1, 0.15) is 0 Å². The first kappa shape index (κ1) is 8.26. The second-order valence-electron chi connectivity index (χ2n) is 2.02. The van der Waals surface area contributed by atoms with Gasteiger partial charge < -0.3 is 9.84 Å². The lowest BCUT2D eigenvalue weighted by Gasteiger charge is -1.95. The van der Waals surface area contributed by atoms with Crippen molar-refractivity contribution in [3.63, 3.8) is 0 Å². The van der Waals surface area contributed by atoms with Crippen LogP contribution in [0.3, 0.4) is 0 Å². The molecule has 1 rings (SSSR count). The Hall–Kier alpha value is -0.840. The molecule has 0 aliphatic heterocycles. The molecular formula is C6H8BrN3O. The summed E-state index contributed by atoms with van der Waals surface area (Å²) in [5, 5.41) is 6.48. The first-order valence-electron chi connectivity index (χ1n) is 3.06. The molecule has 4 nitrogen and oxygen atoms in total. The van der Waals surface area contributed by atoms with Crippen molar-refractivity contribution in [2.24, 2.45) is 0 Å². The van der Waals surface area contributed by atoms with Gasteiger partial charge in [-0.15, -0.1) is 0 Å². The van der Waals surface area contributed by atoms with Crippen LogP contribution in [0.4, 0.5) is 6.01 Å². The standard InChI is InChI=1S/C6H8BrN3O/c1-4(7)3-8-6-9-5(2)10-11-6/h1,3H2,2H3,(H,8,9,10). The third-order valence-electron chi connectivity index (χ3n) is 0.959. The summed E-state index contributed by atoms with van der Waals surface area (Å²) in [6.45, 7) is 5.99. The molecule has 0 unspecified atom stereocenters. The lowest BCUT2D eigenvalue weighted by Crippen LogP contribution is -2.00. The number of nitrogens with one attached hydrogen (secondary N) is 1. The molecule has 0 spiro atoms. The first-order valence-corrected chi connectivity index (χ1v) is 3.85. The van der Waals surface area contributed by atoms with Gasteiger partial charge in [-0.2, -0.15) is 4.98 Å². The van der Waals surface area contributed by atoms with Crippen LogP contribution in [0.15, 0.2) is 15.6 Å². The molecular weight excluding hydrogens is 210 g/mol. The van der Waals surface area contributed by atoms with Crippen molar-refractivity contribution >= 4 is 21.9 Å². The maximum Gasteiger partial charge on any atom is 0.321 e. The van der Waals surface area contributed by atoms with E-state index in [2.05, 4.69) is 38.0 Å². The molecule has 1 aromatic rings. The molecule has 5 heteroatoms. The zero-order valence-electron chi connectivity index (χ0n) is 6.09. The third-order valence-corrected chi connectivity index (χ3v) is 1.24. The Morgan fingerprint density at radius 2 is 2.55 bits per heavy atom. The first-order chi connectivity index (χ1) is 5.18. The largest absolute Gasteiger partial charge is 0.333 e. The Kier molecular flexibility index (Phi) is 2.64. The molecule has 1 aromatic heterocycles. The van der Waals surface area contributed by atoms with E-state index in [0.29, 0.717) is 18.4 Å². The van der Waals surface area contributed by atoms with Crippen molar-refractivity contribution in [3.05, 3.63) is 16.9 Å². The average Bonchev–Trinajstić information content (AvgIpc) is 2.31. The van der Waals surface area contributed by atoms with Gasteiger partial charge in [-0.1, -0.05) is 27.7 Å². The molecule has 0 bridgehead atoms. The molecule has 0 radical (unpaired) electrons. The normalized spacial score (nSPS) is 9.64. The Balaban J connectivity index is 2.45. The highest BCUT2D eigenvalue weighted by Gasteiger charge is 1.99. The lowest BCUT2D eigenvalue weighted by molar-refractivity contribution is 0.426. The van der Waals surface area contributed by atoms with Crippen LogP contribution in [0.1, 0.15) is 5.82 Å². The minimum atomic E-state index is 0.420. The summed E-state index contributed by atoms with van der Waals surface area (Å²) >= 11 is 3.19. The Morgan fingerprint density at radius 1 is 1.82 bits per heavy atom. The van der Waals surface area contributed by atoms with Gasteiger partial charge in [0.05, 0.1) is 6.54 Å². The Morgan fingerprint density at radius 3 is 3.00 bits per heavy atom. The summed E-state index contributed by atoms with van der Waals surface area (Å²) in [7, 11) is 0. The SMILES string of the molecule is C=C(Br)CNc1nc(C)no1. The minimum Gasteiger partial charge on any atom is -0.333 e. The van der Waals surface area contributed by atoms with E-state index >= 15 is 0 Å². The van der Waals surface area contributed by atoms with Gasteiger partial charge in [-0.3, -0.25) is 0 Å². The van der Waals surface area contributed by atoms with E-state index < -0.39 is 0 Å². The van der Waals surface area contributed by atoms with Gasteiger partial charge in [0.2, 0.25) is 0 Å². The zero-order valence-corrected chi connectivity index (χ0v) is 7.68. The maximum atomic E-state index is 4.78. The van der Waals surface area contributed by atoms with E-state index in [1.165, 1.54) is 0 Å². The molecule has 0 atom stereocenters. The van der Waals surface area contributed by atoms with Gasteiger partial charge in [0.15, 0.2) is 5.82 Å². The van der Waals surface area contributed by atoms with E-state index in [-0.39, 0.29) is 0 Å². The fourth-order valence-electron chi connectivity index (χ4n) is 0.540. The van der Waals surface area contributed by atoms with Crippen LogP contribution in [-0.4, -0.2) is 16.7 Å². The monoisotopic (exact) mass is 217 g/mol. The van der Waals surface area contributed by atoms with Crippen LogP contribution < -0.4 is 5.32 Å². The molecule has 1 heterocycles. The number of nitrogens with zero attached hydrogens (tertiary/aromatic N) is 2. The molecule has 0 amide bonds. The van der Waals surface area contributed by atoms with Crippen molar-refractivity contribution < 1.29 is 4.52 Å². The summed E-state index contributed by atoms with van der Waals surface area (Å²) in [4.78, 5) is 3.93. The maximum absolute atomic E-state index is 4.78. The van der Waals surface area contributed by atoms with Crippen LogP contribution in [0.5, 0.6) is 0 Å². The second kappa shape index (κ2) is 3.52. The molecule has 0 fully saturated rings. The second-order valence-corrected chi connectivity index (χ2v) is 3.14. The minimum absolute atomic E-state index is 0.420. The van der Waals surface area contributed by atoms with Gasteiger partial charge in [-0.05, 0) is 6.92 Å².